The Morgan fingerprint density at radius 3 is 2.44 bits per heavy atom. The molecule has 0 radical (unpaired) electrons. The molecule has 0 aliphatic rings. The second kappa shape index (κ2) is 11.2. The van der Waals surface area contributed by atoms with Gasteiger partial charge in [-0.2, -0.15) is 0 Å². The lowest BCUT2D eigenvalue weighted by atomic mass is 10.1. The van der Waals surface area contributed by atoms with Crippen LogP contribution < -0.4 is 10.6 Å². The maximum atomic E-state index is 11.4. The van der Waals surface area contributed by atoms with Crippen LogP contribution in [0.3, 0.4) is 0 Å². The predicted octanol–water partition coefficient (Wildman–Crippen LogP) is 1.19. The molecule has 0 aliphatic carbocycles. The fourth-order valence-corrected chi connectivity index (χ4v) is 1.18. The van der Waals surface area contributed by atoms with Crippen molar-refractivity contribution in [3.63, 3.8) is 0 Å². The van der Waals surface area contributed by atoms with Gasteiger partial charge in [0.05, 0.1) is 6.10 Å². The summed E-state index contributed by atoms with van der Waals surface area (Å²) in [4.78, 5) is 11.4. The fourth-order valence-electron chi connectivity index (χ4n) is 1.18. The number of hydrogen-bond donors (Lipinski definition) is 2. The van der Waals surface area contributed by atoms with Crippen molar-refractivity contribution in [1.29, 1.82) is 0 Å². The molecular weight excluding hydrogens is 228 g/mol. The molecule has 0 aromatic heterocycles. The Morgan fingerprint density at radius 1 is 1.31 bits per heavy atom. The Hall–Kier alpha value is -0.320. The first-order chi connectivity index (χ1) is 7.07. The number of rotatable bonds is 8. The molecule has 0 saturated carbocycles. The molecule has 0 heterocycles. The van der Waals surface area contributed by atoms with E-state index in [9.17, 15) is 4.79 Å². The monoisotopic (exact) mass is 252 g/mol. The molecule has 1 unspecified atom stereocenters. The molecule has 0 aromatic carbocycles. The second-order valence-electron chi connectivity index (χ2n) is 4.02. The largest absolute Gasteiger partial charge is 0.379 e. The van der Waals surface area contributed by atoms with Gasteiger partial charge in [-0.1, -0.05) is 6.92 Å². The molecule has 0 aromatic rings. The van der Waals surface area contributed by atoms with E-state index in [-0.39, 0.29) is 30.3 Å². The van der Waals surface area contributed by atoms with Crippen molar-refractivity contribution in [1.82, 2.24) is 10.6 Å². The van der Waals surface area contributed by atoms with Crippen LogP contribution in [0.1, 0.15) is 27.2 Å². The molecule has 5 heteroatoms. The summed E-state index contributed by atoms with van der Waals surface area (Å²) in [5.74, 6) is 0.134. The van der Waals surface area contributed by atoms with Crippen molar-refractivity contribution < 1.29 is 9.53 Å². The smallest absolute Gasteiger partial charge is 0.224 e. The average Bonchev–Trinajstić information content (AvgIpc) is 2.16. The topological polar surface area (TPSA) is 50.4 Å². The normalized spacial score (nSPS) is 12.1. The molecule has 0 fully saturated rings. The third kappa shape index (κ3) is 10.2. The molecule has 1 amide bonds. The van der Waals surface area contributed by atoms with Gasteiger partial charge in [0.25, 0.3) is 0 Å². The highest BCUT2D eigenvalue weighted by Gasteiger charge is 2.10. The number of hydrogen-bond acceptors (Lipinski definition) is 3. The summed E-state index contributed by atoms with van der Waals surface area (Å²) >= 11 is 0. The molecule has 0 rings (SSSR count). The van der Waals surface area contributed by atoms with E-state index >= 15 is 0 Å². The number of carbonyl (C=O) groups is 1. The van der Waals surface area contributed by atoms with E-state index in [2.05, 4.69) is 10.6 Å². The van der Waals surface area contributed by atoms with Gasteiger partial charge >= 0.3 is 0 Å². The lowest BCUT2D eigenvalue weighted by molar-refractivity contribution is -0.124. The zero-order valence-electron chi connectivity index (χ0n) is 10.7. The molecule has 16 heavy (non-hydrogen) atoms. The molecule has 1 atom stereocenters. The van der Waals surface area contributed by atoms with Crippen molar-refractivity contribution in [2.24, 2.45) is 5.92 Å². The fraction of sp³-hybridized carbons (Fsp3) is 0.909. The van der Waals surface area contributed by atoms with Crippen LogP contribution in [0.15, 0.2) is 0 Å². The lowest BCUT2D eigenvalue weighted by Gasteiger charge is -2.12. The molecular formula is C11H25ClN2O2. The summed E-state index contributed by atoms with van der Waals surface area (Å²) in [6.45, 7) is 8.05. The summed E-state index contributed by atoms with van der Waals surface area (Å²) < 4.78 is 5.37. The molecule has 0 bridgehead atoms. The molecule has 4 nitrogen and oxygen atoms in total. The van der Waals surface area contributed by atoms with E-state index in [0.29, 0.717) is 19.7 Å². The third-order valence-corrected chi connectivity index (χ3v) is 2.03. The maximum Gasteiger partial charge on any atom is 0.224 e. The number of nitrogens with one attached hydrogen (secondary N) is 2. The minimum absolute atomic E-state index is 0. The van der Waals surface area contributed by atoms with E-state index < -0.39 is 0 Å². The van der Waals surface area contributed by atoms with Crippen molar-refractivity contribution in [3.8, 4) is 0 Å². The predicted molar refractivity (Wildman–Crippen MR) is 69.1 cm³/mol. The van der Waals surface area contributed by atoms with Crippen LogP contribution in [0, 0.1) is 5.92 Å². The number of ether oxygens (including phenoxy) is 1. The average molecular weight is 253 g/mol. The van der Waals surface area contributed by atoms with E-state index in [1.807, 2.05) is 27.8 Å². The van der Waals surface area contributed by atoms with Crippen molar-refractivity contribution in [2.45, 2.75) is 33.3 Å². The van der Waals surface area contributed by atoms with Gasteiger partial charge in [-0.25, -0.2) is 0 Å². The lowest BCUT2D eigenvalue weighted by Crippen LogP contribution is -2.35. The Kier molecular flexibility index (Phi) is 12.6. The van der Waals surface area contributed by atoms with Crippen molar-refractivity contribution in [3.05, 3.63) is 0 Å². The van der Waals surface area contributed by atoms with Gasteiger partial charge < -0.3 is 15.4 Å². The van der Waals surface area contributed by atoms with E-state index in [0.717, 1.165) is 6.42 Å². The van der Waals surface area contributed by atoms with Gasteiger partial charge in [0.2, 0.25) is 5.91 Å². The van der Waals surface area contributed by atoms with Crippen LogP contribution in [0.2, 0.25) is 0 Å². The highest BCUT2D eigenvalue weighted by molar-refractivity contribution is 5.85. The third-order valence-electron chi connectivity index (χ3n) is 2.03. The van der Waals surface area contributed by atoms with Gasteiger partial charge in [0.15, 0.2) is 0 Å². The van der Waals surface area contributed by atoms with E-state index in [1.54, 1.807) is 0 Å². The minimum atomic E-state index is 0. The number of halogens is 1. The first-order valence-electron chi connectivity index (χ1n) is 5.61. The Bertz CT molecular complexity index is 177. The highest BCUT2D eigenvalue weighted by atomic mass is 35.5. The molecule has 0 saturated heterocycles. The maximum absolute atomic E-state index is 11.4. The van der Waals surface area contributed by atoms with Gasteiger partial charge in [-0.05, 0) is 27.3 Å². The molecule has 0 spiro atoms. The van der Waals surface area contributed by atoms with Gasteiger partial charge in [0.1, 0.15) is 0 Å². The van der Waals surface area contributed by atoms with Crippen LogP contribution >= 0.6 is 12.4 Å². The summed E-state index contributed by atoms with van der Waals surface area (Å²) in [7, 11) is 1.85. The Balaban J connectivity index is 0. The minimum Gasteiger partial charge on any atom is -0.379 e. The summed E-state index contributed by atoms with van der Waals surface area (Å²) in [5.41, 5.74) is 0. The first kappa shape index (κ1) is 18.1. The van der Waals surface area contributed by atoms with Gasteiger partial charge in [-0.15, -0.1) is 12.4 Å². The molecule has 0 aliphatic heterocycles. The highest BCUT2D eigenvalue weighted by Crippen LogP contribution is 1.93. The van der Waals surface area contributed by atoms with Gasteiger partial charge in [0, 0.05) is 25.6 Å². The Morgan fingerprint density at radius 2 is 1.94 bits per heavy atom. The van der Waals surface area contributed by atoms with Crippen LogP contribution in [0.5, 0.6) is 0 Å². The first-order valence-corrected chi connectivity index (χ1v) is 5.61. The number of carbonyl (C=O) groups excluding carboxylic acids is 1. The zero-order chi connectivity index (χ0) is 11.7. The zero-order valence-corrected chi connectivity index (χ0v) is 11.5. The SMILES string of the molecule is CNCC(C)C(=O)NCCCOC(C)C.Cl. The van der Waals surface area contributed by atoms with Crippen LogP contribution in [0.4, 0.5) is 0 Å². The van der Waals surface area contributed by atoms with Crippen molar-refractivity contribution in [2.75, 3.05) is 26.7 Å². The van der Waals surface area contributed by atoms with E-state index in [1.165, 1.54) is 0 Å². The van der Waals surface area contributed by atoms with Crippen LogP contribution in [-0.4, -0.2) is 38.8 Å². The summed E-state index contributed by atoms with van der Waals surface area (Å²) in [6, 6.07) is 0. The molecule has 2 N–H and O–H groups in total. The standard InChI is InChI=1S/C11H24N2O2.ClH/c1-9(2)15-7-5-6-13-11(14)10(3)8-12-4;/h9-10,12H,5-8H2,1-4H3,(H,13,14);1H. The van der Waals surface area contributed by atoms with Gasteiger partial charge in [-0.3, -0.25) is 4.79 Å². The van der Waals surface area contributed by atoms with Crippen LogP contribution in [-0.2, 0) is 9.53 Å². The Labute approximate surface area is 105 Å². The summed E-state index contributed by atoms with van der Waals surface area (Å²) in [5, 5.41) is 5.86. The van der Waals surface area contributed by atoms with Crippen LogP contribution in [0.25, 0.3) is 0 Å². The second-order valence-corrected chi connectivity index (χ2v) is 4.02. The quantitative estimate of drug-likeness (QED) is 0.639. The summed E-state index contributed by atoms with van der Waals surface area (Å²) in [6.07, 6.45) is 1.14. The van der Waals surface area contributed by atoms with Crippen molar-refractivity contribution >= 4 is 18.3 Å². The van der Waals surface area contributed by atoms with E-state index in [4.69, 9.17) is 4.74 Å². The molecule has 98 valence electrons. The number of amides is 1.